The zero-order chi connectivity index (χ0) is 19.5. The Morgan fingerprint density at radius 2 is 2.11 bits per heavy atom. The van der Waals surface area contributed by atoms with Crippen molar-refractivity contribution in [3.8, 4) is 11.5 Å². The third-order valence-corrected chi connectivity index (χ3v) is 5.40. The molecule has 0 bridgehead atoms. The molecule has 0 saturated carbocycles. The number of hydrogen-bond donors (Lipinski definition) is 1. The number of likely N-dealkylation sites (tertiary alicyclic amines) is 1. The van der Waals surface area contributed by atoms with Crippen LogP contribution < -0.4 is 9.47 Å². The van der Waals surface area contributed by atoms with Gasteiger partial charge >= 0.3 is 0 Å². The summed E-state index contributed by atoms with van der Waals surface area (Å²) in [6.45, 7) is 1.50. The quantitative estimate of drug-likeness (QED) is 0.748. The van der Waals surface area contributed by atoms with E-state index in [1.165, 1.54) is 5.57 Å². The second-order valence-corrected chi connectivity index (χ2v) is 7.15. The number of benzene rings is 1. The lowest BCUT2D eigenvalue weighted by molar-refractivity contribution is -0.132. The summed E-state index contributed by atoms with van der Waals surface area (Å²) < 4.78 is 11.0. The maximum atomic E-state index is 12.5. The van der Waals surface area contributed by atoms with E-state index in [0.29, 0.717) is 11.7 Å². The molecule has 2 unspecified atom stereocenters. The normalized spacial score (nSPS) is 20.6. The van der Waals surface area contributed by atoms with Gasteiger partial charge < -0.3 is 19.5 Å². The zero-order valence-electron chi connectivity index (χ0n) is 15.9. The molecule has 2 aliphatic rings. The van der Waals surface area contributed by atoms with Crippen molar-refractivity contribution < 1.29 is 19.4 Å². The van der Waals surface area contributed by atoms with Crippen molar-refractivity contribution in [3.05, 3.63) is 65.5 Å². The second kappa shape index (κ2) is 8.02. The molecule has 0 radical (unpaired) electrons. The molecule has 28 heavy (non-hydrogen) atoms. The first-order chi connectivity index (χ1) is 13.7. The Kier molecular flexibility index (Phi) is 5.30. The monoisotopic (exact) mass is 380 g/mol. The van der Waals surface area contributed by atoms with E-state index < -0.39 is 0 Å². The first-order valence-electron chi connectivity index (χ1n) is 9.50. The van der Waals surface area contributed by atoms with E-state index >= 15 is 0 Å². The summed E-state index contributed by atoms with van der Waals surface area (Å²) in [6.07, 6.45) is 4.98. The molecule has 2 atom stereocenters. The lowest BCUT2D eigenvalue weighted by atomic mass is 10.0. The van der Waals surface area contributed by atoms with Crippen molar-refractivity contribution in [1.82, 2.24) is 9.88 Å². The third kappa shape index (κ3) is 3.87. The average molecular weight is 380 g/mol. The molecule has 1 aromatic heterocycles. The number of amides is 1. The molecule has 6 heteroatoms. The van der Waals surface area contributed by atoms with E-state index in [0.717, 1.165) is 36.5 Å². The molecule has 1 aromatic carbocycles. The largest absolute Gasteiger partial charge is 0.495 e. The average Bonchev–Trinajstić information content (AvgIpc) is 3.39. The molecule has 2 aromatic rings. The van der Waals surface area contributed by atoms with Gasteiger partial charge in [0.25, 0.3) is 5.91 Å². The maximum Gasteiger partial charge on any atom is 0.260 e. The molecule has 1 fully saturated rings. The number of ether oxygens (including phenoxy) is 2. The van der Waals surface area contributed by atoms with Gasteiger partial charge in [0, 0.05) is 31.1 Å². The first-order valence-corrected chi connectivity index (χ1v) is 9.50. The van der Waals surface area contributed by atoms with E-state index in [4.69, 9.17) is 14.6 Å². The molecule has 1 aliphatic heterocycles. The van der Waals surface area contributed by atoms with Gasteiger partial charge in [-0.05, 0) is 36.2 Å². The number of carbonyl (C=O) groups is 1. The van der Waals surface area contributed by atoms with Crippen LogP contribution >= 0.6 is 0 Å². The van der Waals surface area contributed by atoms with Gasteiger partial charge in [0.15, 0.2) is 6.61 Å². The minimum absolute atomic E-state index is 0.00181. The smallest absolute Gasteiger partial charge is 0.260 e. The Hall–Kier alpha value is -2.86. The number of rotatable bonds is 7. The van der Waals surface area contributed by atoms with Crippen molar-refractivity contribution in [2.45, 2.75) is 18.9 Å². The Morgan fingerprint density at radius 1 is 1.29 bits per heavy atom. The number of hydrogen-bond acceptors (Lipinski definition) is 5. The van der Waals surface area contributed by atoms with Crippen LogP contribution in [0.5, 0.6) is 11.5 Å². The predicted octanol–water partition coefficient (Wildman–Crippen LogP) is 2.53. The highest BCUT2D eigenvalue weighted by Gasteiger charge is 2.39. The fraction of sp³-hybridized carbons (Fsp3) is 0.364. The number of nitrogens with zero attached hydrogens (tertiary/aromatic N) is 2. The van der Waals surface area contributed by atoms with Crippen molar-refractivity contribution in [2.24, 2.45) is 5.92 Å². The van der Waals surface area contributed by atoms with Crippen molar-refractivity contribution in [2.75, 3.05) is 26.8 Å². The SMILES string of the molecule is COc1cccnc1C1C=C1C1CCN(C(=O)COc2ccc(CO)cc2)C1. The molecule has 0 spiro atoms. The van der Waals surface area contributed by atoms with E-state index in [2.05, 4.69) is 11.1 Å². The van der Waals surface area contributed by atoms with E-state index in [1.54, 1.807) is 37.6 Å². The Labute approximate surface area is 164 Å². The minimum Gasteiger partial charge on any atom is -0.495 e. The van der Waals surface area contributed by atoms with Crippen LogP contribution in [0.25, 0.3) is 0 Å². The third-order valence-electron chi connectivity index (χ3n) is 5.40. The van der Waals surface area contributed by atoms with Gasteiger partial charge in [-0.3, -0.25) is 9.78 Å². The van der Waals surface area contributed by atoms with Crippen molar-refractivity contribution in [1.29, 1.82) is 0 Å². The van der Waals surface area contributed by atoms with Crippen LogP contribution in [0, 0.1) is 5.92 Å². The summed E-state index contributed by atoms with van der Waals surface area (Å²) in [6, 6.07) is 10.9. The number of aliphatic hydroxyl groups is 1. The van der Waals surface area contributed by atoms with E-state index in [9.17, 15) is 4.79 Å². The van der Waals surface area contributed by atoms with E-state index in [1.807, 2.05) is 17.0 Å². The lowest BCUT2D eigenvalue weighted by Gasteiger charge is -2.17. The number of allylic oxidation sites excluding steroid dienone is 1. The summed E-state index contributed by atoms with van der Waals surface area (Å²) in [7, 11) is 1.66. The van der Waals surface area contributed by atoms with Gasteiger partial charge in [0.1, 0.15) is 11.5 Å². The van der Waals surface area contributed by atoms with Gasteiger partial charge in [-0.1, -0.05) is 23.8 Å². The number of methoxy groups -OCH3 is 1. The van der Waals surface area contributed by atoms with Gasteiger partial charge in [-0.25, -0.2) is 0 Å². The van der Waals surface area contributed by atoms with Gasteiger partial charge in [-0.15, -0.1) is 0 Å². The van der Waals surface area contributed by atoms with E-state index in [-0.39, 0.29) is 25.0 Å². The summed E-state index contributed by atoms with van der Waals surface area (Å²) in [5, 5.41) is 9.07. The molecule has 1 aliphatic carbocycles. The highest BCUT2D eigenvalue weighted by molar-refractivity contribution is 5.78. The summed E-state index contributed by atoms with van der Waals surface area (Å²) >= 11 is 0. The Balaban J connectivity index is 1.28. The fourth-order valence-corrected chi connectivity index (χ4v) is 3.77. The lowest BCUT2D eigenvalue weighted by Crippen LogP contribution is -2.33. The minimum atomic E-state index is -0.00437. The standard InChI is InChI=1S/C22H24N2O4/c1-27-20-3-2-9-23-22(20)19-11-18(19)16-8-10-24(12-16)21(26)14-28-17-6-4-15(13-25)5-7-17/h2-7,9,11,16,19,25H,8,10,12-14H2,1H3. The van der Waals surface area contributed by atoms with Crippen LogP contribution in [0.15, 0.2) is 54.2 Å². The van der Waals surface area contributed by atoms with Crippen LogP contribution in [0.4, 0.5) is 0 Å². The first kappa shape index (κ1) is 18.5. The molecule has 146 valence electrons. The van der Waals surface area contributed by atoms with Crippen molar-refractivity contribution in [3.63, 3.8) is 0 Å². The van der Waals surface area contributed by atoms with Gasteiger partial charge in [0.05, 0.1) is 19.4 Å². The van der Waals surface area contributed by atoms with Crippen LogP contribution in [-0.2, 0) is 11.4 Å². The molecule has 2 heterocycles. The van der Waals surface area contributed by atoms with Crippen molar-refractivity contribution >= 4 is 5.91 Å². The Morgan fingerprint density at radius 3 is 2.86 bits per heavy atom. The van der Waals surface area contributed by atoms with Gasteiger partial charge in [-0.2, -0.15) is 0 Å². The molecule has 1 saturated heterocycles. The van der Waals surface area contributed by atoms with Crippen LogP contribution in [-0.4, -0.2) is 47.7 Å². The fourth-order valence-electron chi connectivity index (χ4n) is 3.77. The van der Waals surface area contributed by atoms with Gasteiger partial charge in [0.2, 0.25) is 0 Å². The number of aromatic nitrogens is 1. The summed E-state index contributed by atoms with van der Waals surface area (Å²) in [5.41, 5.74) is 3.13. The molecular formula is C22H24N2O4. The molecule has 6 nitrogen and oxygen atoms in total. The second-order valence-electron chi connectivity index (χ2n) is 7.15. The Bertz CT molecular complexity index is 878. The number of carbonyl (C=O) groups excluding carboxylic acids is 1. The topological polar surface area (TPSA) is 71.9 Å². The maximum absolute atomic E-state index is 12.5. The molecular weight excluding hydrogens is 356 g/mol. The van der Waals surface area contributed by atoms with Crippen LogP contribution in [0.3, 0.4) is 0 Å². The number of aliphatic hydroxyl groups excluding tert-OH is 1. The zero-order valence-corrected chi connectivity index (χ0v) is 15.9. The van der Waals surface area contributed by atoms with Crippen LogP contribution in [0.2, 0.25) is 0 Å². The van der Waals surface area contributed by atoms with Crippen LogP contribution in [0.1, 0.15) is 23.6 Å². The summed E-state index contributed by atoms with van der Waals surface area (Å²) in [5.74, 6) is 2.06. The predicted molar refractivity (Wildman–Crippen MR) is 104 cm³/mol. The highest BCUT2D eigenvalue weighted by Crippen LogP contribution is 2.48. The number of pyridine rings is 1. The summed E-state index contributed by atoms with van der Waals surface area (Å²) in [4.78, 5) is 18.8. The molecule has 1 amide bonds. The molecule has 1 N–H and O–H groups in total. The highest BCUT2D eigenvalue weighted by atomic mass is 16.5. The molecule has 4 rings (SSSR count).